The molecule has 0 aliphatic carbocycles. The number of ether oxygens (including phenoxy) is 3. The Morgan fingerprint density at radius 1 is 1.14 bits per heavy atom. The predicted molar refractivity (Wildman–Crippen MR) is 153 cm³/mol. The zero-order valence-corrected chi connectivity index (χ0v) is 25.1. The first-order valence-electron chi connectivity index (χ1n) is 13.7. The lowest BCUT2D eigenvalue weighted by Gasteiger charge is -2.38. The van der Waals surface area contributed by atoms with Gasteiger partial charge in [0.2, 0.25) is 6.79 Å². The van der Waals surface area contributed by atoms with Crippen LogP contribution in [0.25, 0.3) is 0 Å². The van der Waals surface area contributed by atoms with Crippen LogP contribution in [0.3, 0.4) is 0 Å². The van der Waals surface area contributed by atoms with Crippen LogP contribution in [0.2, 0.25) is 0 Å². The minimum Gasteiger partial charge on any atom is -0.488 e. The normalized spacial score (nSPS) is 19.2. The van der Waals surface area contributed by atoms with E-state index in [1.807, 2.05) is 32.2 Å². The van der Waals surface area contributed by atoms with Gasteiger partial charge in [-0.25, -0.2) is 8.42 Å². The third-order valence-electron chi connectivity index (χ3n) is 7.53. The number of benzene rings is 2. The summed E-state index contributed by atoms with van der Waals surface area (Å²) in [7, 11) is -2.04. The number of aryl methyl sites for hydroxylation is 2. The monoisotopic (exact) mass is 600 g/mol. The Bertz CT molecular complexity index is 1550. The number of anilines is 1. The number of rotatable bonds is 9. The van der Waals surface area contributed by atoms with E-state index in [4.69, 9.17) is 18.7 Å². The Hall–Kier alpha value is -3.81. The van der Waals surface area contributed by atoms with E-state index in [9.17, 15) is 18.3 Å². The molecule has 1 aromatic heterocycles. The lowest BCUT2D eigenvalue weighted by atomic mass is 9.99. The summed E-state index contributed by atoms with van der Waals surface area (Å²) in [4.78, 5) is 17.5. The fourth-order valence-electron chi connectivity index (χ4n) is 5.29. The molecule has 13 heteroatoms. The van der Waals surface area contributed by atoms with E-state index >= 15 is 0 Å². The first-order chi connectivity index (χ1) is 20.0. The molecule has 3 atom stereocenters. The number of hydrogen-bond acceptors (Lipinski definition) is 10. The largest absolute Gasteiger partial charge is 0.488 e. The quantitative estimate of drug-likeness (QED) is 0.376. The van der Waals surface area contributed by atoms with Gasteiger partial charge in [-0.15, -0.1) is 0 Å². The molecule has 2 aliphatic heterocycles. The van der Waals surface area contributed by atoms with Gasteiger partial charge in [0.1, 0.15) is 17.5 Å². The lowest BCUT2D eigenvalue weighted by molar-refractivity contribution is 0.0341. The number of hydrogen-bond donors (Lipinski definition) is 2. The molecule has 2 N–H and O–H groups in total. The Morgan fingerprint density at radius 2 is 1.88 bits per heavy atom. The molecule has 0 bridgehead atoms. The molecule has 226 valence electrons. The minimum atomic E-state index is -4.03. The minimum absolute atomic E-state index is 0.0493. The van der Waals surface area contributed by atoms with Gasteiger partial charge in [-0.3, -0.25) is 14.4 Å². The number of likely N-dealkylation sites (N-methyl/N-ethyl adjacent to an activating group) is 1. The van der Waals surface area contributed by atoms with Crippen LogP contribution in [0.5, 0.6) is 17.2 Å². The van der Waals surface area contributed by atoms with Crippen LogP contribution in [0.15, 0.2) is 45.8 Å². The van der Waals surface area contributed by atoms with Gasteiger partial charge in [0.15, 0.2) is 22.2 Å². The average Bonchev–Trinajstić information content (AvgIpc) is 3.55. The van der Waals surface area contributed by atoms with E-state index < -0.39 is 16.1 Å². The molecule has 1 amide bonds. The van der Waals surface area contributed by atoms with Crippen molar-refractivity contribution >= 4 is 21.6 Å². The van der Waals surface area contributed by atoms with E-state index in [2.05, 4.69) is 14.8 Å². The standard InChI is InChI=1S/C29H36N4O8S/c1-17-12-33(18(2)15-34)29(35)23-11-22(31-42(36,37)28-19(3)30-41-20(28)4)7-9-24(23)40-27(17)14-32(5)13-21-6-8-25-26(10-21)39-16-38-25/h6-11,17-18,27,31,34H,12-16H2,1-5H3/t17-,18+,27-/m1/s1. The molecule has 0 unspecified atom stereocenters. The molecule has 0 saturated heterocycles. The smallest absolute Gasteiger partial charge is 0.267 e. The fourth-order valence-corrected chi connectivity index (χ4v) is 6.67. The summed E-state index contributed by atoms with van der Waals surface area (Å²) in [5.74, 6) is 1.51. The fraction of sp³-hybridized carbons (Fsp3) is 0.448. The van der Waals surface area contributed by atoms with Crippen molar-refractivity contribution in [2.24, 2.45) is 5.92 Å². The van der Waals surface area contributed by atoms with Crippen molar-refractivity contribution in [1.29, 1.82) is 0 Å². The first-order valence-corrected chi connectivity index (χ1v) is 15.2. The van der Waals surface area contributed by atoms with Crippen LogP contribution < -0.4 is 18.9 Å². The van der Waals surface area contributed by atoms with Gasteiger partial charge in [-0.2, -0.15) is 0 Å². The summed E-state index contributed by atoms with van der Waals surface area (Å²) in [6.07, 6.45) is -0.311. The summed E-state index contributed by atoms with van der Waals surface area (Å²) in [5.41, 5.74) is 1.67. The highest BCUT2D eigenvalue weighted by atomic mass is 32.2. The highest BCUT2D eigenvalue weighted by molar-refractivity contribution is 7.92. The number of amides is 1. The van der Waals surface area contributed by atoms with Crippen molar-refractivity contribution in [2.75, 3.05) is 38.3 Å². The van der Waals surface area contributed by atoms with E-state index in [-0.39, 0.29) is 58.9 Å². The van der Waals surface area contributed by atoms with Gasteiger partial charge in [0.25, 0.3) is 15.9 Å². The maximum atomic E-state index is 13.8. The van der Waals surface area contributed by atoms with Crippen LogP contribution in [0.4, 0.5) is 5.69 Å². The second-order valence-electron chi connectivity index (χ2n) is 11.0. The predicted octanol–water partition coefficient (Wildman–Crippen LogP) is 3.17. The Balaban J connectivity index is 1.41. The Labute approximate surface area is 245 Å². The maximum Gasteiger partial charge on any atom is 0.267 e. The van der Waals surface area contributed by atoms with Crippen LogP contribution in [-0.2, 0) is 16.6 Å². The van der Waals surface area contributed by atoms with Crippen LogP contribution in [-0.4, -0.2) is 80.1 Å². The van der Waals surface area contributed by atoms with Gasteiger partial charge in [-0.1, -0.05) is 18.1 Å². The number of sulfonamides is 1. The van der Waals surface area contributed by atoms with Crippen LogP contribution in [0, 0.1) is 19.8 Å². The molecular formula is C29H36N4O8S. The average molecular weight is 601 g/mol. The zero-order chi connectivity index (χ0) is 30.2. The molecule has 0 radical (unpaired) electrons. The molecule has 2 aromatic carbocycles. The van der Waals surface area contributed by atoms with E-state index in [0.29, 0.717) is 25.4 Å². The molecule has 5 rings (SSSR count). The van der Waals surface area contributed by atoms with Crippen molar-refractivity contribution in [1.82, 2.24) is 15.0 Å². The van der Waals surface area contributed by atoms with Crippen molar-refractivity contribution in [2.45, 2.75) is 51.3 Å². The molecule has 3 heterocycles. The molecule has 0 spiro atoms. The molecule has 0 saturated carbocycles. The molecule has 12 nitrogen and oxygen atoms in total. The first kappa shape index (κ1) is 29.7. The number of fused-ring (bicyclic) bond motifs is 2. The third-order valence-corrected chi connectivity index (χ3v) is 9.16. The van der Waals surface area contributed by atoms with Crippen molar-refractivity contribution in [3.8, 4) is 17.2 Å². The molecule has 2 aliphatic rings. The van der Waals surface area contributed by atoms with Crippen molar-refractivity contribution in [3.05, 3.63) is 59.0 Å². The summed E-state index contributed by atoms with van der Waals surface area (Å²) in [5, 5.41) is 13.7. The van der Waals surface area contributed by atoms with E-state index in [0.717, 1.165) is 17.1 Å². The van der Waals surface area contributed by atoms with Crippen molar-refractivity contribution < 1.29 is 37.1 Å². The second-order valence-corrected chi connectivity index (χ2v) is 12.6. The number of carbonyl (C=O) groups excluding carboxylic acids is 1. The molecule has 0 fully saturated rings. The number of nitrogens with zero attached hydrogens (tertiary/aromatic N) is 3. The van der Waals surface area contributed by atoms with E-state index in [1.54, 1.807) is 30.9 Å². The lowest BCUT2D eigenvalue weighted by Crippen LogP contribution is -2.49. The molecule has 3 aromatic rings. The molecule has 42 heavy (non-hydrogen) atoms. The molecular weight excluding hydrogens is 564 g/mol. The Morgan fingerprint density at radius 3 is 2.60 bits per heavy atom. The topological polar surface area (TPSA) is 144 Å². The van der Waals surface area contributed by atoms with Gasteiger partial charge in [0.05, 0.1) is 18.2 Å². The third kappa shape index (κ3) is 6.03. The number of aromatic nitrogens is 1. The van der Waals surface area contributed by atoms with Crippen LogP contribution in [0.1, 0.15) is 41.2 Å². The summed E-state index contributed by atoms with van der Waals surface area (Å²) < 4.78 is 51.2. The highest BCUT2D eigenvalue weighted by Crippen LogP contribution is 2.34. The number of aliphatic hydroxyl groups excluding tert-OH is 1. The SMILES string of the molecule is Cc1noc(C)c1S(=O)(=O)Nc1ccc2c(c1)C(=O)N([C@@H](C)CO)C[C@@H](C)[C@@H](CN(C)Cc1ccc3c(c1)OCO3)O2. The van der Waals surface area contributed by atoms with Gasteiger partial charge in [-0.05, 0) is 63.7 Å². The zero-order valence-electron chi connectivity index (χ0n) is 24.3. The van der Waals surface area contributed by atoms with Crippen molar-refractivity contribution in [3.63, 3.8) is 0 Å². The second kappa shape index (κ2) is 11.8. The number of aliphatic hydroxyl groups is 1. The van der Waals surface area contributed by atoms with Gasteiger partial charge >= 0.3 is 0 Å². The summed E-state index contributed by atoms with van der Waals surface area (Å²) in [6.45, 7) is 8.37. The maximum absolute atomic E-state index is 13.8. The Kier molecular flexibility index (Phi) is 8.35. The summed E-state index contributed by atoms with van der Waals surface area (Å²) in [6, 6.07) is 10.0. The number of nitrogens with one attached hydrogen (secondary N) is 1. The summed E-state index contributed by atoms with van der Waals surface area (Å²) >= 11 is 0. The number of carbonyl (C=O) groups is 1. The highest BCUT2D eigenvalue weighted by Gasteiger charge is 2.34. The van der Waals surface area contributed by atoms with Gasteiger partial charge < -0.3 is 28.7 Å². The van der Waals surface area contributed by atoms with Crippen LogP contribution >= 0.6 is 0 Å². The van der Waals surface area contributed by atoms with Gasteiger partial charge in [0, 0.05) is 31.2 Å². The van der Waals surface area contributed by atoms with E-state index in [1.165, 1.54) is 13.0 Å².